The molecule has 1 N–H and O–H groups in total. The van der Waals surface area contributed by atoms with Crippen LogP contribution in [-0.4, -0.2) is 23.0 Å². The van der Waals surface area contributed by atoms with E-state index in [1.165, 1.54) is 19.4 Å². The van der Waals surface area contributed by atoms with E-state index in [0.717, 1.165) is 6.07 Å². The highest BCUT2D eigenvalue weighted by Gasteiger charge is 2.15. The van der Waals surface area contributed by atoms with Crippen LogP contribution < -0.4 is 5.43 Å². The molecule has 100 valence electrons. The molecular formula is C14H9FN2O3. The summed E-state index contributed by atoms with van der Waals surface area (Å²) in [7, 11) is 1.20. The summed E-state index contributed by atoms with van der Waals surface area (Å²) in [5, 5.41) is 0.416. The Morgan fingerprint density at radius 1 is 1.40 bits per heavy atom. The van der Waals surface area contributed by atoms with Crippen molar-refractivity contribution in [3.8, 4) is 0 Å². The molecule has 0 unspecified atom stereocenters. The molecule has 0 bridgehead atoms. The van der Waals surface area contributed by atoms with E-state index in [9.17, 15) is 14.0 Å². The van der Waals surface area contributed by atoms with Gasteiger partial charge in [-0.15, -0.1) is 0 Å². The Hall–Kier alpha value is -2.76. The zero-order chi connectivity index (χ0) is 14.3. The number of carbonyl (C=O) groups is 1. The number of aromatic amines is 1. The smallest absolute Gasteiger partial charge is 0.354 e. The van der Waals surface area contributed by atoms with Crippen molar-refractivity contribution in [2.45, 2.75) is 0 Å². The van der Waals surface area contributed by atoms with Gasteiger partial charge < -0.3 is 9.72 Å². The zero-order valence-electron chi connectivity index (χ0n) is 10.4. The molecule has 0 aliphatic rings. The maximum absolute atomic E-state index is 14.0. The first-order chi connectivity index (χ1) is 9.61. The first-order valence-electron chi connectivity index (χ1n) is 5.80. The predicted octanol–water partition coefficient (Wildman–Crippen LogP) is 2.00. The van der Waals surface area contributed by atoms with Crippen molar-refractivity contribution >= 4 is 27.8 Å². The molecule has 3 aromatic rings. The van der Waals surface area contributed by atoms with E-state index >= 15 is 0 Å². The Morgan fingerprint density at radius 2 is 2.20 bits per heavy atom. The molecule has 0 saturated carbocycles. The number of rotatable bonds is 1. The van der Waals surface area contributed by atoms with Crippen LogP contribution in [0.25, 0.3) is 21.8 Å². The number of carbonyl (C=O) groups excluding carboxylic acids is 1. The number of nitrogens with one attached hydrogen (secondary N) is 1. The second-order valence-corrected chi connectivity index (χ2v) is 4.22. The van der Waals surface area contributed by atoms with Crippen molar-refractivity contribution < 1.29 is 13.9 Å². The van der Waals surface area contributed by atoms with Crippen LogP contribution in [0, 0.1) is 5.82 Å². The summed E-state index contributed by atoms with van der Waals surface area (Å²) in [5.74, 6) is -1.35. The Morgan fingerprint density at radius 3 is 2.95 bits per heavy atom. The number of esters is 1. The van der Waals surface area contributed by atoms with Crippen molar-refractivity contribution in [2.75, 3.05) is 7.11 Å². The number of fused-ring (bicyclic) bond motifs is 3. The lowest BCUT2D eigenvalue weighted by Gasteiger charge is -2.06. The second-order valence-electron chi connectivity index (χ2n) is 4.22. The van der Waals surface area contributed by atoms with Crippen LogP contribution in [0.2, 0.25) is 0 Å². The first-order valence-corrected chi connectivity index (χ1v) is 5.80. The van der Waals surface area contributed by atoms with Gasteiger partial charge in [0.05, 0.1) is 23.5 Å². The average Bonchev–Trinajstić information content (AvgIpc) is 2.45. The lowest BCUT2D eigenvalue weighted by Crippen LogP contribution is -2.12. The van der Waals surface area contributed by atoms with Gasteiger partial charge in [0.25, 0.3) is 0 Å². The summed E-state index contributed by atoms with van der Waals surface area (Å²) in [6.45, 7) is 0. The lowest BCUT2D eigenvalue weighted by atomic mass is 10.1. The van der Waals surface area contributed by atoms with E-state index in [0.29, 0.717) is 10.9 Å². The van der Waals surface area contributed by atoms with Gasteiger partial charge in [-0.05, 0) is 12.1 Å². The number of nitrogens with zero attached hydrogens (tertiary/aromatic N) is 1. The van der Waals surface area contributed by atoms with Gasteiger partial charge in [-0.3, -0.25) is 9.78 Å². The number of ether oxygens (including phenoxy) is 1. The summed E-state index contributed by atoms with van der Waals surface area (Å²) in [6, 6.07) is 5.60. The van der Waals surface area contributed by atoms with Crippen LogP contribution >= 0.6 is 0 Å². The number of hydrogen-bond donors (Lipinski definition) is 1. The number of pyridine rings is 2. The Labute approximate surface area is 112 Å². The fourth-order valence-corrected chi connectivity index (χ4v) is 2.15. The third-order valence-corrected chi connectivity index (χ3v) is 3.03. The fraction of sp³-hybridized carbons (Fsp3) is 0.0714. The highest BCUT2D eigenvalue weighted by Crippen LogP contribution is 2.23. The number of hydrogen-bond acceptors (Lipinski definition) is 4. The SMILES string of the molecule is COC(=O)c1cc(=O)c2c(F)cc3cccnc3c2[nH]1. The Bertz CT molecular complexity index is 902. The minimum absolute atomic E-state index is 0.0393. The molecule has 5 nitrogen and oxygen atoms in total. The Kier molecular flexibility index (Phi) is 2.71. The highest BCUT2D eigenvalue weighted by molar-refractivity contribution is 6.04. The van der Waals surface area contributed by atoms with Gasteiger partial charge in [0.15, 0.2) is 5.43 Å². The zero-order valence-corrected chi connectivity index (χ0v) is 10.4. The summed E-state index contributed by atoms with van der Waals surface area (Å²) < 4.78 is 18.6. The molecule has 2 heterocycles. The number of benzene rings is 1. The van der Waals surface area contributed by atoms with Crippen molar-refractivity contribution in [2.24, 2.45) is 0 Å². The summed E-state index contributed by atoms with van der Waals surface area (Å²) in [4.78, 5) is 30.4. The fourth-order valence-electron chi connectivity index (χ4n) is 2.15. The van der Waals surface area contributed by atoms with Crippen LogP contribution in [0.3, 0.4) is 0 Å². The molecule has 0 aliphatic carbocycles. The van der Waals surface area contributed by atoms with Crippen LogP contribution in [0.15, 0.2) is 35.3 Å². The van der Waals surface area contributed by atoms with Gasteiger partial charge in [0.1, 0.15) is 11.5 Å². The van der Waals surface area contributed by atoms with Gasteiger partial charge in [0, 0.05) is 17.6 Å². The van der Waals surface area contributed by atoms with E-state index in [2.05, 4.69) is 14.7 Å². The van der Waals surface area contributed by atoms with Crippen LogP contribution in [-0.2, 0) is 4.74 Å². The monoisotopic (exact) mass is 272 g/mol. The topological polar surface area (TPSA) is 72.1 Å². The third kappa shape index (κ3) is 1.73. The maximum atomic E-state index is 14.0. The van der Waals surface area contributed by atoms with Crippen molar-refractivity contribution in [1.29, 1.82) is 0 Å². The van der Waals surface area contributed by atoms with E-state index in [1.807, 2.05) is 0 Å². The minimum Gasteiger partial charge on any atom is -0.464 e. The third-order valence-electron chi connectivity index (χ3n) is 3.03. The number of methoxy groups -OCH3 is 1. The van der Waals surface area contributed by atoms with E-state index in [4.69, 9.17) is 0 Å². The van der Waals surface area contributed by atoms with Crippen molar-refractivity contribution in [1.82, 2.24) is 9.97 Å². The lowest BCUT2D eigenvalue weighted by molar-refractivity contribution is 0.0594. The molecule has 6 heteroatoms. The van der Waals surface area contributed by atoms with Crippen LogP contribution in [0.1, 0.15) is 10.5 Å². The average molecular weight is 272 g/mol. The van der Waals surface area contributed by atoms with Crippen molar-refractivity contribution in [3.05, 3.63) is 52.2 Å². The molecule has 1 aromatic carbocycles. The summed E-state index contributed by atoms with van der Waals surface area (Å²) in [6.07, 6.45) is 1.53. The van der Waals surface area contributed by atoms with E-state index in [1.54, 1.807) is 12.1 Å². The second kappa shape index (κ2) is 4.41. The first kappa shape index (κ1) is 12.3. The molecule has 0 radical (unpaired) electrons. The molecule has 0 saturated heterocycles. The highest BCUT2D eigenvalue weighted by atomic mass is 19.1. The maximum Gasteiger partial charge on any atom is 0.354 e. The molecule has 2 aromatic heterocycles. The summed E-state index contributed by atoms with van der Waals surface area (Å²) >= 11 is 0. The van der Waals surface area contributed by atoms with Gasteiger partial charge in [-0.1, -0.05) is 6.07 Å². The van der Waals surface area contributed by atoms with Gasteiger partial charge >= 0.3 is 5.97 Å². The molecule has 0 amide bonds. The molecule has 20 heavy (non-hydrogen) atoms. The van der Waals surface area contributed by atoms with Crippen molar-refractivity contribution in [3.63, 3.8) is 0 Å². The molecule has 0 fully saturated rings. The largest absolute Gasteiger partial charge is 0.464 e. The predicted molar refractivity (Wildman–Crippen MR) is 71.2 cm³/mol. The minimum atomic E-state index is -0.697. The molecule has 0 atom stereocenters. The molecule has 0 spiro atoms. The van der Waals surface area contributed by atoms with Gasteiger partial charge in [-0.25, -0.2) is 9.18 Å². The molecule has 0 aliphatic heterocycles. The standard InChI is InChI=1S/C14H9FN2O3/c1-20-14(19)9-6-10(18)11-8(15)5-7-3-2-4-16-12(7)13(11)17-9/h2-6H,1H3,(H,17,18). The van der Waals surface area contributed by atoms with E-state index in [-0.39, 0.29) is 16.6 Å². The summed E-state index contributed by atoms with van der Waals surface area (Å²) in [5.41, 5.74) is -0.0213. The number of halogens is 1. The number of aromatic nitrogens is 2. The molecule has 3 rings (SSSR count). The Balaban J connectivity index is 2.52. The van der Waals surface area contributed by atoms with Gasteiger partial charge in [-0.2, -0.15) is 0 Å². The quantitative estimate of drug-likeness (QED) is 0.543. The molecular weight excluding hydrogens is 263 g/mol. The van der Waals surface area contributed by atoms with Crippen LogP contribution in [0.4, 0.5) is 4.39 Å². The van der Waals surface area contributed by atoms with E-state index < -0.39 is 17.2 Å². The van der Waals surface area contributed by atoms with Gasteiger partial charge in [0.2, 0.25) is 0 Å². The normalized spacial score (nSPS) is 10.9. The number of H-pyrrole nitrogens is 1. The van der Waals surface area contributed by atoms with Crippen LogP contribution in [0.5, 0.6) is 0 Å².